The number of anilines is 1. The summed E-state index contributed by atoms with van der Waals surface area (Å²) in [5.41, 5.74) is 1.19. The molecule has 0 saturated carbocycles. The molecule has 0 bridgehead atoms. The van der Waals surface area contributed by atoms with E-state index in [2.05, 4.69) is 10.6 Å². The van der Waals surface area contributed by atoms with Gasteiger partial charge in [0, 0.05) is 36.3 Å². The lowest BCUT2D eigenvalue weighted by molar-refractivity contribution is -0.136. The molecule has 9 heteroatoms. The normalized spacial score (nSPS) is 16.1. The smallest absolute Gasteiger partial charge is 0.251 e. The predicted molar refractivity (Wildman–Crippen MR) is 131 cm³/mol. The average Bonchev–Trinajstić information content (AvgIpc) is 3.34. The van der Waals surface area contributed by atoms with Crippen molar-refractivity contribution in [1.29, 1.82) is 0 Å². The minimum Gasteiger partial charge on any atom is -0.454 e. The number of carbonyl (C=O) groups excluding carboxylic acids is 3. The Morgan fingerprint density at radius 1 is 1.06 bits per heavy atom. The van der Waals surface area contributed by atoms with Crippen LogP contribution in [0.3, 0.4) is 0 Å². The summed E-state index contributed by atoms with van der Waals surface area (Å²) in [6.45, 7) is 1.15. The third-order valence-electron chi connectivity index (χ3n) is 6.07. The fraction of sp³-hybridized carbons (Fsp3) is 0.400. The van der Waals surface area contributed by atoms with E-state index in [-0.39, 0.29) is 30.4 Å². The number of nitrogens with one attached hydrogen (secondary N) is 2. The maximum atomic E-state index is 13.2. The number of fused-ring (bicyclic) bond motifs is 1. The Morgan fingerprint density at radius 2 is 1.79 bits per heavy atom. The Balaban J connectivity index is 1.31. The molecule has 0 aromatic heterocycles. The Hall–Kier alpha value is -3.20. The van der Waals surface area contributed by atoms with E-state index in [1.165, 1.54) is 0 Å². The topological polar surface area (TPSA) is 97.0 Å². The molecule has 1 saturated heterocycles. The lowest BCUT2D eigenvalue weighted by atomic mass is 9.95. The Morgan fingerprint density at radius 3 is 2.53 bits per heavy atom. The van der Waals surface area contributed by atoms with Crippen LogP contribution in [0, 0.1) is 5.92 Å². The molecule has 0 spiro atoms. The summed E-state index contributed by atoms with van der Waals surface area (Å²) >= 11 is 1.64. The molecule has 4 rings (SSSR count). The fourth-order valence-electron chi connectivity index (χ4n) is 4.13. The molecule has 2 aromatic rings. The second-order valence-electron chi connectivity index (χ2n) is 8.33. The van der Waals surface area contributed by atoms with Gasteiger partial charge in [0.1, 0.15) is 6.04 Å². The number of thioether (sulfide) groups is 1. The van der Waals surface area contributed by atoms with Crippen LogP contribution in [-0.2, 0) is 9.59 Å². The number of nitrogens with zero attached hydrogens (tertiary/aromatic N) is 1. The van der Waals surface area contributed by atoms with Crippen molar-refractivity contribution in [2.24, 2.45) is 5.92 Å². The first-order valence-corrected chi connectivity index (χ1v) is 12.8. The van der Waals surface area contributed by atoms with E-state index in [0.29, 0.717) is 55.1 Å². The van der Waals surface area contributed by atoms with Gasteiger partial charge in [-0.1, -0.05) is 18.2 Å². The monoisotopic (exact) mass is 483 g/mol. The SMILES string of the molecule is CSCC[C@H](NC(=O)c1ccccc1)C(=O)N1CCC(C(=O)Nc2ccc3c(c2)OCO3)CC1. The van der Waals surface area contributed by atoms with Gasteiger partial charge in [0.2, 0.25) is 18.6 Å². The number of benzene rings is 2. The summed E-state index contributed by atoms with van der Waals surface area (Å²) in [5, 5.41) is 5.85. The molecule has 0 aliphatic carbocycles. The van der Waals surface area contributed by atoms with Crippen LogP contribution in [0.25, 0.3) is 0 Å². The molecule has 1 atom stereocenters. The number of piperidine rings is 1. The minimum atomic E-state index is -0.584. The van der Waals surface area contributed by atoms with Crippen molar-refractivity contribution in [3.05, 3.63) is 54.1 Å². The molecule has 2 aliphatic heterocycles. The zero-order chi connectivity index (χ0) is 23.9. The molecule has 34 heavy (non-hydrogen) atoms. The molecule has 2 aromatic carbocycles. The number of amides is 3. The van der Waals surface area contributed by atoms with Crippen molar-refractivity contribution in [3.63, 3.8) is 0 Å². The van der Waals surface area contributed by atoms with Gasteiger partial charge in [-0.25, -0.2) is 0 Å². The number of likely N-dealkylation sites (tertiary alicyclic amines) is 1. The molecule has 0 radical (unpaired) electrons. The van der Waals surface area contributed by atoms with Gasteiger partial charge in [-0.3, -0.25) is 14.4 Å². The van der Waals surface area contributed by atoms with Crippen molar-refractivity contribution in [2.75, 3.05) is 37.2 Å². The number of ether oxygens (including phenoxy) is 2. The number of hydrogen-bond acceptors (Lipinski definition) is 6. The van der Waals surface area contributed by atoms with E-state index in [0.717, 1.165) is 5.75 Å². The van der Waals surface area contributed by atoms with Crippen LogP contribution >= 0.6 is 11.8 Å². The zero-order valence-electron chi connectivity index (χ0n) is 19.1. The van der Waals surface area contributed by atoms with E-state index in [4.69, 9.17) is 9.47 Å². The molecule has 0 unspecified atom stereocenters. The molecule has 3 amide bonds. The maximum absolute atomic E-state index is 13.2. The van der Waals surface area contributed by atoms with Crippen LogP contribution in [0.5, 0.6) is 11.5 Å². The molecule has 180 valence electrons. The molecule has 8 nitrogen and oxygen atoms in total. The highest BCUT2D eigenvalue weighted by molar-refractivity contribution is 7.98. The van der Waals surface area contributed by atoms with Gasteiger partial charge in [-0.15, -0.1) is 0 Å². The summed E-state index contributed by atoms with van der Waals surface area (Å²) in [6, 6.07) is 13.6. The minimum absolute atomic E-state index is 0.0673. The third-order valence-corrected chi connectivity index (χ3v) is 6.71. The molecule has 2 aliphatic rings. The summed E-state index contributed by atoms with van der Waals surface area (Å²) in [4.78, 5) is 40.4. The molecule has 2 heterocycles. The molecular weight excluding hydrogens is 454 g/mol. The van der Waals surface area contributed by atoms with Gasteiger partial charge < -0.3 is 25.0 Å². The van der Waals surface area contributed by atoms with Gasteiger partial charge >= 0.3 is 0 Å². The molecule has 2 N–H and O–H groups in total. The predicted octanol–water partition coefficient (Wildman–Crippen LogP) is 3.14. The second-order valence-corrected chi connectivity index (χ2v) is 9.32. The quantitative estimate of drug-likeness (QED) is 0.599. The number of hydrogen-bond donors (Lipinski definition) is 2. The van der Waals surface area contributed by atoms with E-state index in [1.54, 1.807) is 59.1 Å². The van der Waals surface area contributed by atoms with E-state index < -0.39 is 6.04 Å². The Bertz CT molecular complexity index is 1020. The fourth-order valence-corrected chi connectivity index (χ4v) is 4.60. The van der Waals surface area contributed by atoms with Gasteiger partial charge in [0.25, 0.3) is 5.91 Å². The van der Waals surface area contributed by atoms with Crippen LogP contribution in [0.1, 0.15) is 29.6 Å². The van der Waals surface area contributed by atoms with Crippen molar-refractivity contribution < 1.29 is 23.9 Å². The van der Waals surface area contributed by atoms with Gasteiger partial charge in [-0.2, -0.15) is 11.8 Å². The third kappa shape index (κ3) is 5.83. The van der Waals surface area contributed by atoms with Gasteiger partial charge in [0.05, 0.1) is 0 Å². The largest absolute Gasteiger partial charge is 0.454 e. The molecular formula is C25H29N3O5S. The average molecular weight is 484 g/mol. The highest BCUT2D eigenvalue weighted by Gasteiger charge is 2.31. The second kappa shape index (κ2) is 11.3. The molecule has 1 fully saturated rings. The summed E-state index contributed by atoms with van der Waals surface area (Å²) < 4.78 is 10.7. The lowest BCUT2D eigenvalue weighted by Gasteiger charge is -2.34. The van der Waals surface area contributed by atoms with Crippen molar-refractivity contribution >= 4 is 35.2 Å². The first kappa shape index (κ1) is 23.9. The van der Waals surface area contributed by atoms with Crippen LogP contribution in [0.15, 0.2) is 48.5 Å². The standard InChI is InChI=1S/C25H29N3O5S/c1-34-14-11-20(27-24(30)17-5-3-2-4-6-17)25(31)28-12-9-18(10-13-28)23(29)26-19-7-8-21-22(15-19)33-16-32-21/h2-8,15,18,20H,9-14,16H2,1H3,(H,26,29)(H,27,30)/t20-/m0/s1. The van der Waals surface area contributed by atoms with Gasteiger partial charge in [-0.05, 0) is 55.5 Å². The summed E-state index contributed by atoms with van der Waals surface area (Å²) in [6.07, 6.45) is 3.68. The van der Waals surface area contributed by atoms with Gasteiger partial charge in [0.15, 0.2) is 11.5 Å². The van der Waals surface area contributed by atoms with Crippen molar-refractivity contribution in [1.82, 2.24) is 10.2 Å². The summed E-state index contributed by atoms with van der Waals surface area (Å²) in [7, 11) is 0. The van der Waals surface area contributed by atoms with Crippen LogP contribution in [-0.4, -0.2) is 60.6 Å². The highest BCUT2D eigenvalue weighted by atomic mass is 32.2. The van der Waals surface area contributed by atoms with E-state index >= 15 is 0 Å². The first-order chi connectivity index (χ1) is 16.5. The number of rotatable bonds is 8. The highest BCUT2D eigenvalue weighted by Crippen LogP contribution is 2.34. The Labute approximate surface area is 203 Å². The van der Waals surface area contributed by atoms with Crippen molar-refractivity contribution in [2.45, 2.75) is 25.3 Å². The van der Waals surface area contributed by atoms with E-state index in [9.17, 15) is 14.4 Å². The first-order valence-electron chi connectivity index (χ1n) is 11.4. The maximum Gasteiger partial charge on any atom is 0.251 e. The number of carbonyl (C=O) groups is 3. The summed E-state index contributed by atoms with van der Waals surface area (Å²) in [5.74, 6) is 1.46. The van der Waals surface area contributed by atoms with Crippen LogP contribution in [0.2, 0.25) is 0 Å². The van der Waals surface area contributed by atoms with Crippen LogP contribution < -0.4 is 20.1 Å². The lowest BCUT2D eigenvalue weighted by Crippen LogP contribution is -2.51. The van der Waals surface area contributed by atoms with Crippen molar-refractivity contribution in [3.8, 4) is 11.5 Å². The Kier molecular flexibility index (Phi) is 7.95. The van der Waals surface area contributed by atoms with Crippen LogP contribution in [0.4, 0.5) is 5.69 Å². The van der Waals surface area contributed by atoms with E-state index in [1.807, 2.05) is 12.3 Å². The zero-order valence-corrected chi connectivity index (χ0v) is 19.9.